The van der Waals surface area contributed by atoms with Gasteiger partial charge in [0.15, 0.2) is 0 Å². The van der Waals surface area contributed by atoms with Crippen LogP contribution in [0.5, 0.6) is 17.2 Å². The van der Waals surface area contributed by atoms with Crippen molar-refractivity contribution in [3.8, 4) is 17.2 Å². The first-order valence-electron chi connectivity index (χ1n) is 5.31. The minimum absolute atomic E-state index is 0.0878. The quantitative estimate of drug-likeness (QED) is 0.637. The summed E-state index contributed by atoms with van der Waals surface area (Å²) in [7, 11) is 1.61. The van der Waals surface area contributed by atoms with Crippen LogP contribution in [0, 0.1) is 5.41 Å². The van der Waals surface area contributed by atoms with Crippen molar-refractivity contribution in [3.63, 3.8) is 0 Å². The van der Waals surface area contributed by atoms with Gasteiger partial charge in [-0.05, 0) is 30.3 Å². The molecule has 0 fully saturated rings. The molecule has 1 aromatic carbocycles. The Labute approximate surface area is 105 Å². The Balaban J connectivity index is 2.17. The van der Waals surface area contributed by atoms with Crippen LogP contribution >= 0.6 is 0 Å². The van der Waals surface area contributed by atoms with E-state index in [0.717, 1.165) is 5.75 Å². The molecule has 18 heavy (non-hydrogen) atoms. The minimum atomic E-state index is -0.0878. The Hall–Kier alpha value is -2.56. The summed E-state index contributed by atoms with van der Waals surface area (Å²) in [5.41, 5.74) is 5.75. The number of ether oxygens (including phenoxy) is 2. The number of amidine groups is 1. The maximum atomic E-state index is 7.31. The van der Waals surface area contributed by atoms with Crippen LogP contribution in [0.3, 0.4) is 0 Å². The van der Waals surface area contributed by atoms with E-state index >= 15 is 0 Å². The predicted octanol–water partition coefficient (Wildman–Crippen LogP) is 2.17. The van der Waals surface area contributed by atoms with Crippen molar-refractivity contribution < 1.29 is 9.47 Å². The van der Waals surface area contributed by atoms with Crippen molar-refractivity contribution in [2.75, 3.05) is 7.11 Å². The molecule has 5 heteroatoms. The normalized spacial score (nSPS) is 9.83. The third kappa shape index (κ3) is 2.76. The second-order valence-corrected chi connectivity index (χ2v) is 3.57. The largest absolute Gasteiger partial charge is 0.497 e. The summed E-state index contributed by atoms with van der Waals surface area (Å²) < 4.78 is 10.7. The number of rotatable bonds is 4. The molecule has 5 nitrogen and oxygen atoms in total. The SMILES string of the molecule is COc1ccc(Oc2ccnc(C(=N)N)c2)cc1. The van der Waals surface area contributed by atoms with Gasteiger partial charge >= 0.3 is 0 Å². The molecule has 0 saturated heterocycles. The molecule has 0 amide bonds. The van der Waals surface area contributed by atoms with Gasteiger partial charge in [-0.3, -0.25) is 10.4 Å². The fraction of sp³-hybridized carbons (Fsp3) is 0.0769. The highest BCUT2D eigenvalue weighted by Crippen LogP contribution is 2.23. The number of methoxy groups -OCH3 is 1. The molecular weight excluding hydrogens is 230 g/mol. The molecule has 0 saturated carbocycles. The van der Waals surface area contributed by atoms with Gasteiger partial charge in [-0.25, -0.2) is 0 Å². The number of hydrogen-bond donors (Lipinski definition) is 2. The number of pyridine rings is 1. The highest BCUT2D eigenvalue weighted by Gasteiger charge is 2.02. The fourth-order valence-electron chi connectivity index (χ4n) is 1.40. The third-order valence-electron chi connectivity index (χ3n) is 2.30. The first kappa shape index (κ1) is 11.9. The second kappa shape index (κ2) is 5.18. The Kier molecular flexibility index (Phi) is 3.43. The molecule has 1 aromatic heterocycles. The monoisotopic (exact) mass is 243 g/mol. The van der Waals surface area contributed by atoms with Gasteiger partial charge in [-0.15, -0.1) is 0 Å². The number of nitrogens with one attached hydrogen (secondary N) is 1. The molecule has 2 rings (SSSR count). The Morgan fingerprint density at radius 2 is 1.78 bits per heavy atom. The molecule has 3 N–H and O–H groups in total. The number of benzene rings is 1. The van der Waals surface area contributed by atoms with Crippen LogP contribution < -0.4 is 15.2 Å². The number of nitrogens with two attached hydrogens (primary N) is 1. The van der Waals surface area contributed by atoms with E-state index in [9.17, 15) is 0 Å². The van der Waals surface area contributed by atoms with Crippen molar-refractivity contribution >= 4 is 5.84 Å². The summed E-state index contributed by atoms with van der Waals surface area (Å²) >= 11 is 0. The van der Waals surface area contributed by atoms with Crippen molar-refractivity contribution in [1.82, 2.24) is 4.98 Å². The van der Waals surface area contributed by atoms with Crippen molar-refractivity contribution in [1.29, 1.82) is 5.41 Å². The molecule has 0 spiro atoms. The van der Waals surface area contributed by atoms with Gasteiger partial charge in [0.1, 0.15) is 28.8 Å². The zero-order valence-corrected chi connectivity index (χ0v) is 9.88. The average molecular weight is 243 g/mol. The van der Waals surface area contributed by atoms with Crippen LogP contribution in [0.25, 0.3) is 0 Å². The van der Waals surface area contributed by atoms with Crippen molar-refractivity contribution in [2.45, 2.75) is 0 Å². The van der Waals surface area contributed by atoms with Gasteiger partial charge in [-0.2, -0.15) is 0 Å². The molecule has 2 aromatic rings. The molecular formula is C13H13N3O2. The van der Waals surface area contributed by atoms with Crippen LogP contribution in [0.15, 0.2) is 42.6 Å². The Bertz CT molecular complexity index is 552. The van der Waals surface area contributed by atoms with E-state index in [-0.39, 0.29) is 5.84 Å². The van der Waals surface area contributed by atoms with E-state index in [1.165, 1.54) is 0 Å². The van der Waals surface area contributed by atoms with Gasteiger partial charge in [0.25, 0.3) is 0 Å². The van der Waals surface area contributed by atoms with E-state index in [4.69, 9.17) is 20.6 Å². The first-order valence-corrected chi connectivity index (χ1v) is 5.31. The number of nitrogens with zero attached hydrogens (tertiary/aromatic N) is 1. The lowest BCUT2D eigenvalue weighted by Gasteiger charge is -2.07. The third-order valence-corrected chi connectivity index (χ3v) is 2.30. The molecule has 0 aliphatic rings. The van der Waals surface area contributed by atoms with E-state index in [0.29, 0.717) is 17.2 Å². The molecule has 0 aliphatic carbocycles. The van der Waals surface area contributed by atoms with E-state index in [1.807, 2.05) is 12.1 Å². The fourth-order valence-corrected chi connectivity index (χ4v) is 1.40. The zero-order valence-electron chi connectivity index (χ0n) is 9.88. The van der Waals surface area contributed by atoms with E-state index in [2.05, 4.69) is 4.98 Å². The molecule has 0 unspecified atom stereocenters. The molecule has 0 radical (unpaired) electrons. The lowest BCUT2D eigenvalue weighted by atomic mass is 10.3. The van der Waals surface area contributed by atoms with E-state index in [1.54, 1.807) is 37.6 Å². The topological polar surface area (TPSA) is 81.2 Å². The smallest absolute Gasteiger partial charge is 0.141 e. The maximum Gasteiger partial charge on any atom is 0.141 e. The van der Waals surface area contributed by atoms with Crippen LogP contribution in [-0.4, -0.2) is 17.9 Å². The van der Waals surface area contributed by atoms with Gasteiger partial charge in [0, 0.05) is 12.3 Å². The van der Waals surface area contributed by atoms with Crippen molar-refractivity contribution in [2.24, 2.45) is 5.73 Å². The molecule has 1 heterocycles. The lowest BCUT2D eigenvalue weighted by Crippen LogP contribution is -2.12. The highest BCUT2D eigenvalue weighted by molar-refractivity contribution is 5.93. The number of aromatic nitrogens is 1. The summed E-state index contributed by atoms with van der Waals surface area (Å²) in [4.78, 5) is 3.96. The predicted molar refractivity (Wildman–Crippen MR) is 68.3 cm³/mol. The first-order chi connectivity index (χ1) is 8.69. The Morgan fingerprint density at radius 1 is 1.11 bits per heavy atom. The summed E-state index contributed by atoms with van der Waals surface area (Å²) in [6, 6.07) is 10.5. The summed E-state index contributed by atoms with van der Waals surface area (Å²) in [6.45, 7) is 0. The number of nitrogen functional groups attached to an aromatic ring is 1. The molecule has 0 atom stereocenters. The van der Waals surface area contributed by atoms with Gasteiger partial charge in [0.05, 0.1) is 7.11 Å². The highest BCUT2D eigenvalue weighted by atomic mass is 16.5. The van der Waals surface area contributed by atoms with E-state index < -0.39 is 0 Å². The Morgan fingerprint density at radius 3 is 2.39 bits per heavy atom. The minimum Gasteiger partial charge on any atom is -0.497 e. The molecule has 0 bridgehead atoms. The summed E-state index contributed by atoms with van der Waals surface area (Å²) in [6.07, 6.45) is 1.55. The van der Waals surface area contributed by atoms with Crippen LogP contribution in [0.1, 0.15) is 5.69 Å². The molecule has 0 aliphatic heterocycles. The molecule has 92 valence electrons. The van der Waals surface area contributed by atoms with Gasteiger partial charge in [0.2, 0.25) is 0 Å². The zero-order chi connectivity index (χ0) is 13.0. The van der Waals surface area contributed by atoms with Crippen LogP contribution in [-0.2, 0) is 0 Å². The van der Waals surface area contributed by atoms with Gasteiger partial charge < -0.3 is 15.2 Å². The summed E-state index contributed by atoms with van der Waals surface area (Å²) in [5.74, 6) is 1.94. The summed E-state index contributed by atoms with van der Waals surface area (Å²) in [5, 5.41) is 7.31. The number of hydrogen-bond acceptors (Lipinski definition) is 4. The van der Waals surface area contributed by atoms with Crippen LogP contribution in [0.4, 0.5) is 0 Å². The second-order valence-electron chi connectivity index (χ2n) is 3.57. The van der Waals surface area contributed by atoms with Crippen molar-refractivity contribution in [3.05, 3.63) is 48.3 Å². The lowest BCUT2D eigenvalue weighted by molar-refractivity contribution is 0.413. The average Bonchev–Trinajstić information content (AvgIpc) is 2.40. The standard InChI is InChI=1S/C13H13N3O2/c1-17-9-2-4-10(5-3-9)18-11-6-7-16-12(8-11)13(14)15/h2-8H,1H3,(H3,14,15). The van der Waals surface area contributed by atoms with Gasteiger partial charge in [-0.1, -0.05) is 0 Å². The maximum absolute atomic E-state index is 7.31. The van der Waals surface area contributed by atoms with Crippen LogP contribution in [0.2, 0.25) is 0 Å².